The maximum Gasteiger partial charge on any atom is 0.253 e. The van der Waals surface area contributed by atoms with Crippen LogP contribution in [0.1, 0.15) is 34.3 Å². The van der Waals surface area contributed by atoms with Crippen molar-refractivity contribution in [3.63, 3.8) is 0 Å². The Balaban J connectivity index is 1.34. The van der Waals surface area contributed by atoms with Crippen LogP contribution < -0.4 is 9.80 Å². The number of carbonyl (C=O) groups is 4. The molecule has 4 aliphatic heterocycles. The van der Waals surface area contributed by atoms with Gasteiger partial charge in [0.25, 0.3) is 11.8 Å². The molecule has 4 amide bonds. The van der Waals surface area contributed by atoms with Crippen molar-refractivity contribution in [2.75, 3.05) is 9.80 Å². The summed E-state index contributed by atoms with van der Waals surface area (Å²) in [5.41, 5.74) is 4.39. The third kappa shape index (κ3) is 3.52. The number of aryl methyl sites for hydroxylation is 2. The Morgan fingerprint density at radius 3 is 1.11 bits per heavy atom. The van der Waals surface area contributed by atoms with Crippen LogP contribution in [0.4, 0.5) is 11.4 Å². The van der Waals surface area contributed by atoms with Crippen LogP contribution in [0, 0.1) is 25.7 Å². The second-order valence-electron chi connectivity index (χ2n) is 12.0. The van der Waals surface area contributed by atoms with Gasteiger partial charge in [0.2, 0.25) is 11.8 Å². The predicted molar refractivity (Wildman–Crippen MR) is 164 cm³/mol. The Labute approximate surface area is 255 Å². The van der Waals surface area contributed by atoms with Gasteiger partial charge in [0.15, 0.2) is 0 Å². The van der Waals surface area contributed by atoms with E-state index in [0.29, 0.717) is 11.4 Å². The summed E-state index contributed by atoms with van der Waals surface area (Å²) < 4.78 is 0. The van der Waals surface area contributed by atoms with Crippen molar-refractivity contribution < 1.29 is 19.2 Å². The van der Waals surface area contributed by atoms with Gasteiger partial charge in [0.05, 0.1) is 35.3 Å². The van der Waals surface area contributed by atoms with E-state index in [0.717, 1.165) is 22.3 Å². The minimum absolute atomic E-state index is 0.298. The maximum absolute atomic E-state index is 14.5. The van der Waals surface area contributed by atoms with E-state index in [1.807, 2.05) is 121 Å². The number of hydrogen-bond donors (Lipinski definition) is 0. The summed E-state index contributed by atoms with van der Waals surface area (Å²) in [5, 5.41) is 3.83. The van der Waals surface area contributed by atoms with E-state index in [4.69, 9.17) is 0 Å². The lowest BCUT2D eigenvalue weighted by molar-refractivity contribution is -0.136. The van der Waals surface area contributed by atoms with Gasteiger partial charge in [-0.15, -0.1) is 0 Å². The fraction of sp³-hybridized carbons (Fsp3) is 0.222. The molecule has 4 aliphatic rings. The molecule has 0 spiro atoms. The second-order valence-corrected chi connectivity index (χ2v) is 12.0. The second kappa shape index (κ2) is 9.80. The van der Waals surface area contributed by atoms with Crippen LogP contribution >= 0.6 is 0 Å². The Morgan fingerprint density at radius 1 is 0.409 bits per heavy atom. The lowest BCUT2D eigenvalue weighted by Gasteiger charge is -2.36. The Kier molecular flexibility index (Phi) is 5.95. The van der Waals surface area contributed by atoms with E-state index in [-0.39, 0.29) is 23.6 Å². The summed E-state index contributed by atoms with van der Waals surface area (Å²) >= 11 is 0. The average Bonchev–Trinajstić information content (AvgIpc) is 3.70. The number of carbonyl (C=O) groups excluding carboxylic acids is 4. The molecule has 0 aromatic heterocycles. The molecule has 0 N–H and O–H groups in total. The lowest BCUT2D eigenvalue weighted by atomic mass is 9.84. The summed E-state index contributed by atoms with van der Waals surface area (Å²) in [5.74, 6) is -2.82. The van der Waals surface area contributed by atoms with Crippen molar-refractivity contribution in [2.24, 2.45) is 11.8 Å². The molecular weight excluding hydrogens is 552 g/mol. The normalized spacial score (nSPS) is 28.1. The van der Waals surface area contributed by atoms with E-state index >= 15 is 0 Å². The fourth-order valence-corrected chi connectivity index (χ4v) is 7.90. The first-order valence-corrected chi connectivity index (χ1v) is 14.9. The van der Waals surface area contributed by atoms with Crippen molar-refractivity contribution in [3.05, 3.63) is 131 Å². The molecule has 4 aromatic carbocycles. The van der Waals surface area contributed by atoms with Gasteiger partial charge in [-0.3, -0.25) is 19.2 Å². The molecule has 0 saturated carbocycles. The molecule has 4 aromatic rings. The number of amides is 4. The third-order valence-corrected chi connectivity index (χ3v) is 9.72. The monoisotopic (exact) mass is 582 g/mol. The number of hydrogen-bond acceptors (Lipinski definition) is 6. The first-order valence-electron chi connectivity index (χ1n) is 14.9. The number of imide groups is 2. The number of rotatable bonds is 4. The van der Waals surface area contributed by atoms with Crippen molar-refractivity contribution in [3.8, 4) is 0 Å². The van der Waals surface area contributed by atoms with E-state index in [1.165, 1.54) is 9.80 Å². The number of fused-ring (bicyclic) bond motifs is 5. The molecule has 8 nitrogen and oxygen atoms in total. The van der Waals surface area contributed by atoms with E-state index < -0.39 is 36.0 Å². The molecule has 0 unspecified atom stereocenters. The third-order valence-electron chi connectivity index (χ3n) is 9.72. The topological polar surface area (TPSA) is 81.2 Å². The zero-order valence-electron chi connectivity index (χ0n) is 24.3. The quantitative estimate of drug-likeness (QED) is 0.323. The van der Waals surface area contributed by atoms with Crippen molar-refractivity contribution >= 4 is 35.0 Å². The SMILES string of the molecule is Cc1ccccc1N1C(=O)[C@@H]2[C@@H](C1=O)N1[C@@H](c3ccccc3)[C@H]3C(=O)N(c4ccccc4C)C(=O)[C@@H]3N1[C@@H]2c1ccccc1. The van der Waals surface area contributed by atoms with Gasteiger partial charge >= 0.3 is 0 Å². The summed E-state index contributed by atoms with van der Waals surface area (Å²) in [6.45, 7) is 3.77. The van der Waals surface area contributed by atoms with Crippen molar-refractivity contribution in [2.45, 2.75) is 38.0 Å². The van der Waals surface area contributed by atoms with Gasteiger partial charge in [0, 0.05) is 0 Å². The zero-order chi connectivity index (χ0) is 30.3. The largest absolute Gasteiger partial charge is 0.274 e. The summed E-state index contributed by atoms with van der Waals surface area (Å²) in [4.78, 5) is 60.6. The van der Waals surface area contributed by atoms with Gasteiger partial charge in [0.1, 0.15) is 12.1 Å². The first kappa shape index (κ1) is 26.7. The lowest BCUT2D eigenvalue weighted by Crippen LogP contribution is -2.50. The smallest absolute Gasteiger partial charge is 0.253 e. The Bertz CT molecular complexity index is 1710. The number of benzene rings is 4. The van der Waals surface area contributed by atoms with E-state index in [9.17, 15) is 19.2 Å². The highest BCUT2D eigenvalue weighted by Crippen LogP contribution is 2.59. The molecule has 8 rings (SSSR count). The molecule has 218 valence electrons. The predicted octanol–water partition coefficient (Wildman–Crippen LogP) is 4.75. The Hall–Kier alpha value is -4.92. The van der Waals surface area contributed by atoms with Crippen molar-refractivity contribution in [1.29, 1.82) is 0 Å². The summed E-state index contributed by atoms with van der Waals surface area (Å²) in [7, 11) is 0. The number of hydrazine groups is 1. The van der Waals surface area contributed by atoms with E-state index in [2.05, 4.69) is 0 Å². The average molecular weight is 583 g/mol. The van der Waals surface area contributed by atoms with Crippen LogP contribution in [0.25, 0.3) is 0 Å². The van der Waals surface area contributed by atoms with Crippen LogP contribution in [0.5, 0.6) is 0 Å². The summed E-state index contributed by atoms with van der Waals surface area (Å²) in [6.07, 6.45) is 0. The first-order chi connectivity index (χ1) is 21.4. The highest BCUT2D eigenvalue weighted by atomic mass is 16.2. The minimum atomic E-state index is -0.879. The van der Waals surface area contributed by atoms with Gasteiger partial charge in [-0.2, -0.15) is 0 Å². The molecule has 4 heterocycles. The number of para-hydroxylation sites is 2. The van der Waals surface area contributed by atoms with Crippen LogP contribution in [-0.2, 0) is 19.2 Å². The number of anilines is 2. The van der Waals surface area contributed by atoms with Gasteiger partial charge in [-0.25, -0.2) is 19.8 Å². The van der Waals surface area contributed by atoms with Crippen LogP contribution in [0.3, 0.4) is 0 Å². The van der Waals surface area contributed by atoms with Gasteiger partial charge in [-0.1, -0.05) is 97.1 Å². The standard InChI is InChI=1S/C36H30N4O4/c1-21-13-9-11-19-25(21)37-33(41)27-29(23-15-5-3-6-16-23)40-32-28(34(42)38(36(32)44)26-20-12-10-14-22(26)2)30(24-17-7-4-8-18-24)39(40)31(27)35(37)43/h3-20,27-32H,1-2H3/t27-,28+,29+,30-,31-,32+. The molecule has 44 heavy (non-hydrogen) atoms. The molecule has 6 atom stereocenters. The molecule has 4 fully saturated rings. The van der Waals surface area contributed by atoms with Crippen LogP contribution in [0.15, 0.2) is 109 Å². The van der Waals surface area contributed by atoms with E-state index in [1.54, 1.807) is 12.1 Å². The summed E-state index contributed by atoms with van der Waals surface area (Å²) in [6, 6.07) is 30.9. The molecular formula is C36H30N4O4. The van der Waals surface area contributed by atoms with Crippen LogP contribution in [-0.4, -0.2) is 45.7 Å². The maximum atomic E-state index is 14.5. The minimum Gasteiger partial charge on any atom is -0.274 e. The molecule has 4 saturated heterocycles. The molecule has 8 heteroatoms. The fourth-order valence-electron chi connectivity index (χ4n) is 7.90. The highest BCUT2D eigenvalue weighted by molar-refractivity contribution is 6.26. The van der Waals surface area contributed by atoms with Gasteiger partial charge in [-0.05, 0) is 48.2 Å². The molecule has 0 radical (unpaired) electrons. The zero-order valence-corrected chi connectivity index (χ0v) is 24.3. The molecule has 0 bridgehead atoms. The van der Waals surface area contributed by atoms with Crippen molar-refractivity contribution in [1.82, 2.24) is 10.0 Å². The Morgan fingerprint density at radius 2 is 0.750 bits per heavy atom. The highest BCUT2D eigenvalue weighted by Gasteiger charge is 2.73. The van der Waals surface area contributed by atoms with Gasteiger partial charge < -0.3 is 0 Å². The molecule has 0 aliphatic carbocycles. The van der Waals surface area contributed by atoms with Crippen LogP contribution in [0.2, 0.25) is 0 Å². The number of nitrogens with zero attached hydrogens (tertiary/aromatic N) is 4.